The molecule has 0 aliphatic carbocycles. The maximum Gasteiger partial charge on any atom is 0.123 e. The Hall–Kier alpha value is -1.35. The summed E-state index contributed by atoms with van der Waals surface area (Å²) in [5.74, 6) is 1.31. The van der Waals surface area contributed by atoms with Crippen molar-refractivity contribution in [1.29, 1.82) is 0 Å². The Bertz CT molecular complexity index is 451. The average molecular weight is 222 g/mol. The Morgan fingerprint density at radius 2 is 2.20 bits per heavy atom. The molecule has 15 heavy (non-hydrogen) atoms. The predicted octanol–water partition coefficient (Wildman–Crippen LogP) is 2.37. The topological polar surface area (TPSA) is 30.7 Å². The largest absolute Gasteiger partial charge is 0.328 e. The molecule has 0 amide bonds. The van der Waals surface area contributed by atoms with Gasteiger partial charge < -0.3 is 4.57 Å². The molecule has 0 aliphatic rings. The molecule has 0 spiro atoms. The first-order valence-corrected chi connectivity index (χ1v) is 5.31. The van der Waals surface area contributed by atoms with Gasteiger partial charge in [0.15, 0.2) is 0 Å². The minimum absolute atomic E-state index is 0.429. The summed E-state index contributed by atoms with van der Waals surface area (Å²) in [6.07, 6.45) is 5.49. The molecule has 4 heteroatoms. The molecule has 2 rings (SSSR count). The number of hydrogen-bond acceptors (Lipinski definition) is 2. The minimum Gasteiger partial charge on any atom is -0.328 e. The Kier molecular flexibility index (Phi) is 3.02. The highest BCUT2D eigenvalue weighted by molar-refractivity contribution is 6.16. The molecule has 0 aliphatic heterocycles. The molecule has 3 nitrogen and oxygen atoms in total. The van der Waals surface area contributed by atoms with Gasteiger partial charge in [0.1, 0.15) is 5.82 Å². The summed E-state index contributed by atoms with van der Waals surface area (Å²) in [6.45, 7) is 2.79. The van der Waals surface area contributed by atoms with Crippen LogP contribution in [0.4, 0.5) is 0 Å². The van der Waals surface area contributed by atoms with Gasteiger partial charge in [-0.2, -0.15) is 0 Å². The van der Waals surface area contributed by atoms with Crippen LogP contribution >= 0.6 is 11.6 Å². The zero-order valence-corrected chi connectivity index (χ0v) is 9.28. The van der Waals surface area contributed by atoms with Crippen molar-refractivity contribution in [3.05, 3.63) is 47.8 Å². The highest BCUT2D eigenvalue weighted by Crippen LogP contribution is 2.08. The van der Waals surface area contributed by atoms with Crippen LogP contribution in [0.2, 0.25) is 0 Å². The first-order valence-electron chi connectivity index (χ1n) is 4.77. The van der Waals surface area contributed by atoms with Crippen molar-refractivity contribution in [2.75, 3.05) is 0 Å². The maximum atomic E-state index is 5.78. The fourth-order valence-corrected chi connectivity index (χ4v) is 1.68. The van der Waals surface area contributed by atoms with Gasteiger partial charge >= 0.3 is 0 Å². The van der Waals surface area contributed by atoms with Gasteiger partial charge in [-0.05, 0) is 18.6 Å². The van der Waals surface area contributed by atoms with Gasteiger partial charge in [0.05, 0.1) is 18.1 Å². The third-order valence-corrected chi connectivity index (χ3v) is 2.60. The van der Waals surface area contributed by atoms with Crippen LogP contribution < -0.4 is 0 Å². The SMILES string of the molecule is Cc1cccnc1Cn1ccnc1CCl. The van der Waals surface area contributed by atoms with Gasteiger partial charge in [0, 0.05) is 18.6 Å². The Labute approximate surface area is 93.7 Å². The van der Waals surface area contributed by atoms with E-state index in [0.717, 1.165) is 18.1 Å². The van der Waals surface area contributed by atoms with Crippen molar-refractivity contribution >= 4 is 11.6 Å². The van der Waals surface area contributed by atoms with E-state index in [2.05, 4.69) is 23.0 Å². The summed E-state index contributed by atoms with van der Waals surface area (Å²) < 4.78 is 2.02. The second-order valence-electron chi connectivity index (χ2n) is 3.37. The van der Waals surface area contributed by atoms with Crippen LogP contribution in [0.3, 0.4) is 0 Å². The van der Waals surface area contributed by atoms with E-state index in [-0.39, 0.29) is 0 Å². The van der Waals surface area contributed by atoms with E-state index >= 15 is 0 Å². The summed E-state index contributed by atoms with van der Waals surface area (Å²) in [5.41, 5.74) is 2.24. The monoisotopic (exact) mass is 221 g/mol. The third-order valence-electron chi connectivity index (χ3n) is 2.36. The highest BCUT2D eigenvalue weighted by atomic mass is 35.5. The lowest BCUT2D eigenvalue weighted by molar-refractivity contribution is 0.731. The maximum absolute atomic E-state index is 5.78. The van der Waals surface area contributed by atoms with Gasteiger partial charge in [-0.25, -0.2) is 4.98 Å². The number of rotatable bonds is 3. The smallest absolute Gasteiger partial charge is 0.123 e. The average Bonchev–Trinajstić information content (AvgIpc) is 2.69. The molecular weight excluding hydrogens is 210 g/mol. The molecule has 0 unspecified atom stereocenters. The lowest BCUT2D eigenvalue weighted by atomic mass is 10.2. The number of pyridine rings is 1. The van der Waals surface area contributed by atoms with E-state index in [9.17, 15) is 0 Å². The molecule has 0 fully saturated rings. The fourth-order valence-electron chi connectivity index (χ4n) is 1.46. The van der Waals surface area contributed by atoms with E-state index < -0.39 is 0 Å². The third kappa shape index (κ3) is 2.18. The molecule has 2 aromatic rings. The molecule has 0 aromatic carbocycles. The van der Waals surface area contributed by atoms with Gasteiger partial charge in [0.2, 0.25) is 0 Å². The zero-order chi connectivity index (χ0) is 10.7. The highest BCUT2D eigenvalue weighted by Gasteiger charge is 2.04. The first kappa shape index (κ1) is 10.2. The molecule has 2 aromatic heterocycles. The summed E-state index contributed by atoms with van der Waals surface area (Å²) in [6, 6.07) is 3.99. The number of aryl methyl sites for hydroxylation is 1. The van der Waals surface area contributed by atoms with E-state index in [1.54, 1.807) is 12.4 Å². The summed E-state index contributed by atoms with van der Waals surface area (Å²) in [7, 11) is 0. The molecule has 2 heterocycles. The lowest BCUT2D eigenvalue weighted by Crippen LogP contribution is -2.05. The van der Waals surface area contributed by atoms with Crippen molar-refractivity contribution in [2.45, 2.75) is 19.3 Å². The van der Waals surface area contributed by atoms with Crippen LogP contribution in [0.25, 0.3) is 0 Å². The van der Waals surface area contributed by atoms with E-state index in [1.807, 2.05) is 16.8 Å². The lowest BCUT2D eigenvalue weighted by Gasteiger charge is -2.07. The number of nitrogens with zero attached hydrogens (tertiary/aromatic N) is 3. The van der Waals surface area contributed by atoms with E-state index in [4.69, 9.17) is 11.6 Å². The number of hydrogen-bond donors (Lipinski definition) is 0. The van der Waals surface area contributed by atoms with Crippen LogP contribution in [-0.4, -0.2) is 14.5 Å². The Morgan fingerprint density at radius 1 is 1.33 bits per heavy atom. The van der Waals surface area contributed by atoms with Crippen molar-refractivity contribution in [1.82, 2.24) is 14.5 Å². The minimum atomic E-state index is 0.429. The molecule has 0 atom stereocenters. The van der Waals surface area contributed by atoms with Gasteiger partial charge in [0.25, 0.3) is 0 Å². The second kappa shape index (κ2) is 4.45. The molecular formula is C11H12ClN3. The predicted molar refractivity (Wildman–Crippen MR) is 59.9 cm³/mol. The van der Waals surface area contributed by atoms with Gasteiger partial charge in [-0.3, -0.25) is 4.98 Å². The molecule has 0 radical (unpaired) electrons. The van der Waals surface area contributed by atoms with Crippen LogP contribution in [0.15, 0.2) is 30.7 Å². The second-order valence-corrected chi connectivity index (χ2v) is 3.64. The summed E-state index contributed by atoms with van der Waals surface area (Å²) >= 11 is 5.78. The number of imidazole rings is 1. The van der Waals surface area contributed by atoms with Crippen LogP contribution in [-0.2, 0) is 12.4 Å². The normalized spacial score (nSPS) is 10.5. The fraction of sp³-hybridized carbons (Fsp3) is 0.273. The van der Waals surface area contributed by atoms with Crippen molar-refractivity contribution in [3.63, 3.8) is 0 Å². The number of aromatic nitrogens is 3. The van der Waals surface area contributed by atoms with E-state index in [0.29, 0.717) is 5.88 Å². The number of alkyl halides is 1. The van der Waals surface area contributed by atoms with Crippen molar-refractivity contribution < 1.29 is 0 Å². The molecule has 0 saturated heterocycles. The van der Waals surface area contributed by atoms with Gasteiger partial charge in [-0.1, -0.05) is 6.07 Å². The Balaban J connectivity index is 2.26. The van der Waals surface area contributed by atoms with Crippen molar-refractivity contribution in [3.8, 4) is 0 Å². The first-order chi connectivity index (χ1) is 7.31. The molecule has 0 bridgehead atoms. The molecule has 78 valence electrons. The standard InChI is InChI=1S/C11H12ClN3/c1-9-3-2-4-13-10(9)8-15-6-5-14-11(15)7-12/h2-6H,7-8H2,1H3. The Morgan fingerprint density at radius 3 is 2.93 bits per heavy atom. The van der Waals surface area contributed by atoms with Crippen LogP contribution in [0.1, 0.15) is 17.1 Å². The van der Waals surface area contributed by atoms with Crippen LogP contribution in [0, 0.1) is 6.92 Å². The molecule has 0 saturated carbocycles. The van der Waals surface area contributed by atoms with Crippen molar-refractivity contribution in [2.24, 2.45) is 0 Å². The van der Waals surface area contributed by atoms with Crippen LogP contribution in [0.5, 0.6) is 0 Å². The zero-order valence-electron chi connectivity index (χ0n) is 8.52. The summed E-state index contributed by atoms with van der Waals surface area (Å²) in [4.78, 5) is 8.50. The number of halogens is 1. The van der Waals surface area contributed by atoms with Gasteiger partial charge in [-0.15, -0.1) is 11.6 Å². The summed E-state index contributed by atoms with van der Waals surface area (Å²) in [5, 5.41) is 0. The van der Waals surface area contributed by atoms with E-state index in [1.165, 1.54) is 5.56 Å². The quantitative estimate of drug-likeness (QED) is 0.746. The molecule has 0 N–H and O–H groups in total.